The Morgan fingerprint density at radius 1 is 0.968 bits per heavy atom. The molecule has 3 aromatic carbocycles. The van der Waals surface area contributed by atoms with E-state index in [1.165, 1.54) is 6.21 Å². The van der Waals surface area contributed by atoms with Gasteiger partial charge in [0.1, 0.15) is 5.69 Å². The van der Waals surface area contributed by atoms with Crippen molar-refractivity contribution in [3.05, 3.63) is 100 Å². The molecule has 0 aliphatic carbocycles. The summed E-state index contributed by atoms with van der Waals surface area (Å²) >= 11 is 0. The molecule has 6 nitrogen and oxygen atoms in total. The van der Waals surface area contributed by atoms with Crippen LogP contribution in [0, 0.1) is 10.1 Å². The molecular weight excluding hydrogens is 409 g/mol. The molecule has 0 fully saturated rings. The van der Waals surface area contributed by atoms with E-state index in [1.807, 2.05) is 59.3 Å². The minimum absolute atomic E-state index is 0.141. The molecule has 0 aliphatic heterocycles. The van der Waals surface area contributed by atoms with Crippen LogP contribution in [0.4, 0.5) is 24.5 Å². The van der Waals surface area contributed by atoms with E-state index in [-0.39, 0.29) is 5.69 Å². The highest BCUT2D eigenvalue weighted by atomic mass is 19.4. The molecule has 0 saturated heterocycles. The summed E-state index contributed by atoms with van der Waals surface area (Å²) in [5, 5.41) is 17.3. The predicted octanol–water partition coefficient (Wildman–Crippen LogP) is 6.00. The fourth-order valence-electron chi connectivity index (χ4n) is 3.18. The summed E-state index contributed by atoms with van der Waals surface area (Å²) < 4.78 is 40.4. The number of nitro benzene ring substituents is 1. The third-order valence-corrected chi connectivity index (χ3v) is 4.70. The van der Waals surface area contributed by atoms with Crippen molar-refractivity contribution in [2.24, 2.45) is 5.10 Å². The standard InChI is InChI=1S/C22H15F3N4O2/c23-22(24,25)17-8-10-20(21(13-17)29(30)31)27-26-14-19-6-3-11-28(19)18-9-7-15-4-1-2-5-16(15)12-18/h1-14,27H/b26-14-. The van der Waals surface area contributed by atoms with Crippen LogP contribution < -0.4 is 5.43 Å². The van der Waals surface area contributed by atoms with E-state index >= 15 is 0 Å². The van der Waals surface area contributed by atoms with E-state index in [4.69, 9.17) is 0 Å². The summed E-state index contributed by atoms with van der Waals surface area (Å²) in [4.78, 5) is 10.3. The monoisotopic (exact) mass is 424 g/mol. The van der Waals surface area contributed by atoms with Gasteiger partial charge in [-0.1, -0.05) is 30.3 Å². The summed E-state index contributed by atoms with van der Waals surface area (Å²) in [6, 6.07) is 19.7. The van der Waals surface area contributed by atoms with E-state index in [1.54, 1.807) is 6.07 Å². The van der Waals surface area contributed by atoms with Crippen molar-refractivity contribution in [2.75, 3.05) is 5.43 Å². The molecule has 0 spiro atoms. The van der Waals surface area contributed by atoms with Crippen molar-refractivity contribution < 1.29 is 18.1 Å². The average Bonchev–Trinajstić information content (AvgIpc) is 3.21. The molecule has 0 radical (unpaired) electrons. The number of hydrogen-bond acceptors (Lipinski definition) is 4. The maximum atomic E-state index is 12.8. The van der Waals surface area contributed by atoms with E-state index in [9.17, 15) is 23.3 Å². The molecule has 0 unspecified atom stereocenters. The van der Waals surface area contributed by atoms with E-state index < -0.39 is 22.4 Å². The Labute approximate surface area is 174 Å². The van der Waals surface area contributed by atoms with E-state index in [2.05, 4.69) is 10.5 Å². The highest BCUT2D eigenvalue weighted by Gasteiger charge is 2.33. The van der Waals surface area contributed by atoms with Crippen LogP contribution in [0.3, 0.4) is 0 Å². The molecule has 4 rings (SSSR count). The molecular formula is C22H15F3N4O2. The molecule has 0 amide bonds. The number of nitro groups is 1. The van der Waals surface area contributed by atoms with Gasteiger partial charge in [-0.05, 0) is 47.2 Å². The van der Waals surface area contributed by atoms with Crippen molar-refractivity contribution in [1.29, 1.82) is 0 Å². The number of rotatable bonds is 5. The summed E-state index contributed by atoms with van der Waals surface area (Å²) in [5.41, 5.74) is 2.09. The molecule has 1 heterocycles. The van der Waals surface area contributed by atoms with Crippen LogP contribution in [0.25, 0.3) is 16.5 Å². The molecule has 0 atom stereocenters. The molecule has 1 aromatic heterocycles. The first kappa shape index (κ1) is 20.1. The van der Waals surface area contributed by atoms with Crippen LogP contribution in [0.2, 0.25) is 0 Å². The van der Waals surface area contributed by atoms with E-state index in [0.29, 0.717) is 11.8 Å². The summed E-state index contributed by atoms with van der Waals surface area (Å²) in [6.07, 6.45) is -1.39. The number of anilines is 1. The van der Waals surface area contributed by atoms with Gasteiger partial charge in [0.25, 0.3) is 5.69 Å². The molecule has 0 saturated carbocycles. The van der Waals surface area contributed by atoms with Gasteiger partial charge in [0.2, 0.25) is 0 Å². The minimum atomic E-state index is -4.67. The van der Waals surface area contributed by atoms with Crippen molar-refractivity contribution in [3.8, 4) is 5.69 Å². The lowest BCUT2D eigenvalue weighted by Crippen LogP contribution is -2.07. The number of hydrogen-bond donors (Lipinski definition) is 1. The SMILES string of the molecule is O=[N+]([O-])c1cc(C(F)(F)F)ccc1N/N=C\c1cccn1-c1ccc2ccccc2c1. The van der Waals surface area contributed by atoms with Crippen LogP contribution in [-0.4, -0.2) is 15.7 Å². The highest BCUT2D eigenvalue weighted by Crippen LogP contribution is 2.35. The van der Waals surface area contributed by atoms with Crippen molar-refractivity contribution in [3.63, 3.8) is 0 Å². The van der Waals surface area contributed by atoms with Gasteiger partial charge in [0.15, 0.2) is 0 Å². The number of hydrazone groups is 1. The third-order valence-electron chi connectivity index (χ3n) is 4.70. The number of alkyl halides is 3. The Morgan fingerprint density at radius 2 is 1.74 bits per heavy atom. The van der Waals surface area contributed by atoms with Gasteiger partial charge >= 0.3 is 6.18 Å². The first-order chi connectivity index (χ1) is 14.8. The molecule has 31 heavy (non-hydrogen) atoms. The predicted molar refractivity (Wildman–Crippen MR) is 113 cm³/mol. The fraction of sp³-hybridized carbons (Fsp3) is 0.0455. The zero-order valence-electron chi connectivity index (χ0n) is 15.9. The smallest absolute Gasteiger partial charge is 0.316 e. The minimum Gasteiger partial charge on any atom is -0.316 e. The Balaban J connectivity index is 1.59. The molecule has 9 heteroatoms. The number of fused-ring (bicyclic) bond motifs is 1. The van der Waals surface area contributed by atoms with Crippen LogP contribution in [0.5, 0.6) is 0 Å². The summed E-state index contributed by atoms with van der Waals surface area (Å²) in [5.74, 6) is 0. The lowest BCUT2D eigenvalue weighted by Gasteiger charge is -2.09. The van der Waals surface area contributed by atoms with E-state index in [0.717, 1.165) is 28.6 Å². The Kier molecular flexibility index (Phi) is 5.16. The summed E-state index contributed by atoms with van der Waals surface area (Å²) in [7, 11) is 0. The lowest BCUT2D eigenvalue weighted by atomic mass is 10.1. The zero-order valence-corrected chi connectivity index (χ0v) is 15.9. The third kappa shape index (κ3) is 4.25. The first-order valence-electron chi connectivity index (χ1n) is 9.14. The first-order valence-corrected chi connectivity index (χ1v) is 9.14. The Morgan fingerprint density at radius 3 is 2.48 bits per heavy atom. The number of benzene rings is 3. The second-order valence-electron chi connectivity index (χ2n) is 6.69. The number of nitrogens with one attached hydrogen (secondary N) is 1. The number of aromatic nitrogens is 1. The Bertz CT molecular complexity index is 1300. The lowest BCUT2D eigenvalue weighted by molar-refractivity contribution is -0.384. The normalized spacial score (nSPS) is 11.8. The highest BCUT2D eigenvalue weighted by molar-refractivity contribution is 5.85. The average molecular weight is 424 g/mol. The maximum absolute atomic E-state index is 12.8. The van der Waals surface area contributed by atoms with Gasteiger partial charge in [-0.2, -0.15) is 18.3 Å². The van der Waals surface area contributed by atoms with Crippen molar-refractivity contribution in [1.82, 2.24) is 4.57 Å². The topological polar surface area (TPSA) is 72.5 Å². The van der Waals surface area contributed by atoms with Crippen LogP contribution in [0.1, 0.15) is 11.3 Å². The Hall–Kier alpha value is -4.14. The fourth-order valence-corrected chi connectivity index (χ4v) is 3.18. The molecule has 0 aliphatic rings. The molecule has 0 bridgehead atoms. The quantitative estimate of drug-likeness (QED) is 0.242. The van der Waals surface area contributed by atoms with Crippen molar-refractivity contribution >= 4 is 28.4 Å². The van der Waals surface area contributed by atoms with Gasteiger partial charge in [-0.3, -0.25) is 15.5 Å². The maximum Gasteiger partial charge on any atom is 0.416 e. The molecule has 156 valence electrons. The van der Waals surface area contributed by atoms with Gasteiger partial charge in [0.05, 0.1) is 22.4 Å². The van der Waals surface area contributed by atoms with Crippen LogP contribution >= 0.6 is 0 Å². The molecule has 1 N–H and O–H groups in total. The second kappa shape index (κ2) is 7.94. The van der Waals surface area contributed by atoms with Gasteiger partial charge in [-0.25, -0.2) is 0 Å². The van der Waals surface area contributed by atoms with Crippen molar-refractivity contribution in [2.45, 2.75) is 6.18 Å². The largest absolute Gasteiger partial charge is 0.416 e. The number of halogens is 3. The summed E-state index contributed by atoms with van der Waals surface area (Å²) in [6.45, 7) is 0. The number of nitrogens with zero attached hydrogens (tertiary/aromatic N) is 3. The van der Waals surface area contributed by atoms with Gasteiger partial charge < -0.3 is 4.57 Å². The van der Waals surface area contributed by atoms with Crippen LogP contribution in [0.15, 0.2) is 84.1 Å². The zero-order chi connectivity index (χ0) is 22.0. The van der Waals surface area contributed by atoms with Crippen LogP contribution in [-0.2, 0) is 6.18 Å². The molecule has 4 aromatic rings. The van der Waals surface area contributed by atoms with Gasteiger partial charge in [0, 0.05) is 18.0 Å². The van der Waals surface area contributed by atoms with Gasteiger partial charge in [-0.15, -0.1) is 0 Å². The second-order valence-corrected chi connectivity index (χ2v) is 6.69.